The number of hydrogen-bond acceptors (Lipinski definition) is 27. The molecular formula is C41H55N14O21P3S3. The van der Waals surface area contributed by atoms with Gasteiger partial charge in [0, 0.05) is 48.7 Å². The minimum absolute atomic E-state index is 0.00626. The Bertz CT molecular complexity index is 3240. The SMILES string of the molecule is CC(C)(COP(=O)(O)OP(=O)(O)OCC1OC(n2cnc3c(N)ncnc32)C(O)C1OP(=O)(O)O)C(O)C(=O)NCCC(=O)NCCSC(=O)Cn1nnnc1SCC1=C(C(=O)O)N2C(=O)[C@@H](NC(=O)Cc3ccccc3CN)[C@H]2SC1. The first-order chi connectivity index (χ1) is 38.6. The first-order valence-electron chi connectivity index (χ1n) is 24.0. The smallest absolute Gasteiger partial charge is 0.477 e. The van der Waals surface area contributed by atoms with Crippen molar-refractivity contribution in [3.63, 3.8) is 0 Å². The minimum Gasteiger partial charge on any atom is -0.477 e. The van der Waals surface area contributed by atoms with E-state index in [-0.39, 0.29) is 84.1 Å². The van der Waals surface area contributed by atoms with Gasteiger partial charge in [0.05, 0.1) is 26.0 Å². The van der Waals surface area contributed by atoms with Gasteiger partial charge in [-0.3, -0.25) is 47.0 Å². The molecule has 3 aromatic heterocycles. The van der Waals surface area contributed by atoms with E-state index < -0.39 is 119 Å². The summed E-state index contributed by atoms with van der Waals surface area (Å²) in [6, 6.07) is 6.21. The van der Waals surface area contributed by atoms with Crippen LogP contribution >= 0.6 is 58.8 Å². The van der Waals surface area contributed by atoms with Gasteiger partial charge in [-0.25, -0.2) is 38.1 Å². The second-order valence-corrected chi connectivity index (χ2v) is 26.0. The van der Waals surface area contributed by atoms with Crippen LogP contribution in [0.3, 0.4) is 0 Å². The zero-order valence-corrected chi connectivity index (χ0v) is 48.0. The average Bonchev–Trinajstić information content (AvgIpc) is 2.27. The Morgan fingerprint density at radius 1 is 1.00 bits per heavy atom. The van der Waals surface area contributed by atoms with Gasteiger partial charge in [-0.2, -0.15) is 4.31 Å². The maximum absolute atomic E-state index is 13.2. The van der Waals surface area contributed by atoms with Crippen LogP contribution in [0, 0.1) is 5.41 Å². The van der Waals surface area contributed by atoms with Crippen molar-refractivity contribution in [2.45, 2.75) is 87.0 Å². The number of benzene rings is 1. The molecule has 4 amide bonds. The summed E-state index contributed by atoms with van der Waals surface area (Å²) >= 11 is 3.18. The molecular weight excluding hydrogens is 1210 g/mol. The van der Waals surface area contributed by atoms with Crippen LogP contribution in [-0.2, 0) is 84.6 Å². The molecule has 0 spiro atoms. The number of aliphatic hydroxyl groups excluding tert-OH is 2. The maximum Gasteiger partial charge on any atom is 0.481 e. The second kappa shape index (κ2) is 27.1. The van der Waals surface area contributed by atoms with Gasteiger partial charge in [-0.1, -0.05) is 61.6 Å². The first-order valence-corrected chi connectivity index (χ1v) is 31.5. The monoisotopic (exact) mass is 1270 g/mol. The summed E-state index contributed by atoms with van der Waals surface area (Å²) in [5.74, 6) is -3.61. The van der Waals surface area contributed by atoms with Gasteiger partial charge < -0.3 is 67.0 Å². The van der Waals surface area contributed by atoms with Gasteiger partial charge in [-0.05, 0) is 27.1 Å². The highest BCUT2D eigenvalue weighted by atomic mass is 32.2. The van der Waals surface area contributed by atoms with Gasteiger partial charge in [0.15, 0.2) is 17.7 Å². The van der Waals surface area contributed by atoms with Gasteiger partial charge in [0.25, 0.3) is 5.91 Å². The van der Waals surface area contributed by atoms with E-state index >= 15 is 0 Å². The summed E-state index contributed by atoms with van der Waals surface area (Å²) in [6.45, 7) is -0.0494. The largest absolute Gasteiger partial charge is 0.481 e. The number of phosphoric ester groups is 3. The number of carboxylic acid groups (broad SMARTS) is 1. The summed E-state index contributed by atoms with van der Waals surface area (Å²) in [5, 5.41) is 50.0. The second-order valence-electron chi connectivity index (χ2n) is 18.6. The van der Waals surface area contributed by atoms with E-state index in [2.05, 4.69) is 55.3 Å². The lowest BCUT2D eigenvalue weighted by Gasteiger charge is -2.49. The molecule has 0 bridgehead atoms. The highest BCUT2D eigenvalue weighted by molar-refractivity contribution is 8.13. The molecule has 35 nitrogen and oxygen atoms in total. The van der Waals surface area contributed by atoms with Gasteiger partial charge in [0.2, 0.25) is 28.0 Å². The number of β-lactam (4-membered cyclic amide) rings is 1. The number of aliphatic carboxylic acids is 1. The third kappa shape index (κ3) is 16.3. The van der Waals surface area contributed by atoms with Crippen molar-refractivity contribution in [1.82, 2.24) is 60.6 Å². The molecule has 4 aromatic rings. The number of carboxylic acids is 1. The van der Waals surface area contributed by atoms with Crippen molar-refractivity contribution in [2.75, 3.05) is 49.3 Å². The summed E-state index contributed by atoms with van der Waals surface area (Å²) in [6.07, 6.45) is -7.31. The molecule has 14 N–H and O–H groups in total. The number of ether oxygens (including phenoxy) is 1. The number of rotatable bonds is 29. The number of phosphoric acid groups is 3. The molecule has 0 saturated carbocycles. The number of aromatic nitrogens is 8. The number of fused-ring (bicyclic) bond motifs is 2. The van der Waals surface area contributed by atoms with Crippen LogP contribution in [0.15, 0.2) is 53.3 Å². The Labute approximate surface area is 475 Å². The van der Waals surface area contributed by atoms with Crippen LogP contribution in [0.25, 0.3) is 11.2 Å². The molecule has 3 aliphatic rings. The molecule has 2 fully saturated rings. The van der Waals surface area contributed by atoms with Crippen molar-refractivity contribution in [3.8, 4) is 0 Å². The molecule has 0 aliphatic carbocycles. The molecule has 448 valence electrons. The predicted molar refractivity (Wildman–Crippen MR) is 283 cm³/mol. The lowest BCUT2D eigenvalue weighted by molar-refractivity contribution is -0.150. The van der Waals surface area contributed by atoms with Crippen LogP contribution in [0.1, 0.15) is 37.6 Å². The van der Waals surface area contributed by atoms with E-state index in [4.69, 9.17) is 25.3 Å². The number of carbonyl (C=O) groups excluding carboxylic acids is 5. The Kier molecular flexibility index (Phi) is 21.3. The number of imidazole rings is 1. The summed E-state index contributed by atoms with van der Waals surface area (Å²) in [5.41, 5.74) is 11.6. The van der Waals surface area contributed by atoms with E-state index in [1.165, 1.54) is 30.3 Å². The number of carbonyl (C=O) groups is 6. The van der Waals surface area contributed by atoms with Crippen molar-refractivity contribution in [3.05, 3.63) is 59.3 Å². The molecule has 7 unspecified atom stereocenters. The number of nitrogens with two attached hydrogens (primary N) is 2. The maximum atomic E-state index is 13.2. The normalized spacial score (nSPS) is 22.0. The number of nitrogens with zero attached hydrogens (tertiary/aromatic N) is 9. The van der Waals surface area contributed by atoms with E-state index in [9.17, 15) is 77.4 Å². The Morgan fingerprint density at radius 3 is 2.43 bits per heavy atom. The van der Waals surface area contributed by atoms with Crippen LogP contribution in [0.5, 0.6) is 0 Å². The lowest BCUT2D eigenvalue weighted by atomic mass is 9.87. The molecule has 2 saturated heterocycles. The van der Waals surface area contributed by atoms with Crippen LogP contribution in [-0.4, -0.2) is 194 Å². The number of nitrogens with one attached hydrogen (secondary N) is 3. The van der Waals surface area contributed by atoms with E-state index in [0.29, 0.717) is 11.1 Å². The van der Waals surface area contributed by atoms with E-state index in [1.54, 1.807) is 24.3 Å². The van der Waals surface area contributed by atoms with E-state index in [0.717, 1.165) is 51.2 Å². The standard InChI is InChI=1S/C41H55N14O21P3S3/c1-41(2,17-73-79(70,71)76-78(68,69)72-14-23-31(75-77(65,66)67)30(59)37(74-23)53-19-48-27-33(43)46-18-47-34(27)53)32(60)35(61)45-8-7-24(56)44-9-10-80-26(58)13-54-40(50-51-52-54)82-16-22-15-81-38-28(36(62)55(38)29(22)39(63)64)49-25(57)11-20-5-3-4-6-21(20)12-42/h3-6,18-19,23,28,30-32,37-38,59-60H,7-17,42H2,1-2H3,(H,44,56)(H,45,61)(H,49,57)(H,63,64)(H,68,69)(H,70,71)(H2,43,46,47)(H2,65,66,67)/t23?,28-,30?,31?,32?,37?,38-/m1/s1. The highest BCUT2D eigenvalue weighted by Crippen LogP contribution is 2.61. The number of anilines is 1. The third-order valence-corrected chi connectivity index (χ3v) is 18.5. The molecule has 3 aliphatic heterocycles. The van der Waals surface area contributed by atoms with Crippen LogP contribution < -0.4 is 27.4 Å². The van der Waals surface area contributed by atoms with Gasteiger partial charge in [-0.15, -0.1) is 16.9 Å². The van der Waals surface area contributed by atoms with Crippen molar-refractivity contribution in [1.29, 1.82) is 0 Å². The molecule has 82 heavy (non-hydrogen) atoms. The molecule has 7 rings (SSSR count). The van der Waals surface area contributed by atoms with Gasteiger partial charge >= 0.3 is 29.4 Å². The Morgan fingerprint density at radius 2 is 1.72 bits per heavy atom. The fraction of sp³-hybridized carbons (Fsp3) is 0.512. The number of amides is 4. The van der Waals surface area contributed by atoms with Crippen LogP contribution in [0.4, 0.5) is 5.82 Å². The number of nitrogen functional groups attached to an aromatic ring is 1. The fourth-order valence-electron chi connectivity index (χ4n) is 8.13. The molecule has 41 heteroatoms. The van der Waals surface area contributed by atoms with Crippen molar-refractivity contribution in [2.24, 2.45) is 11.1 Å². The molecule has 0 radical (unpaired) electrons. The fourth-order valence-corrected chi connectivity index (χ4v) is 14.0. The quantitative estimate of drug-likeness (QED) is 0.0120. The zero-order chi connectivity index (χ0) is 59.9. The molecule has 9 atom stereocenters. The predicted octanol–water partition coefficient (Wildman–Crippen LogP) is -2.12. The third-order valence-electron chi connectivity index (χ3n) is 12.2. The summed E-state index contributed by atoms with van der Waals surface area (Å²) in [4.78, 5) is 129. The number of aliphatic hydroxyl groups is 2. The summed E-state index contributed by atoms with van der Waals surface area (Å²) < 4.78 is 63.8. The molecule has 1 aromatic carbocycles. The highest BCUT2D eigenvalue weighted by Gasteiger charge is 2.54. The van der Waals surface area contributed by atoms with Crippen molar-refractivity contribution < 1.29 is 100.0 Å². The first kappa shape index (κ1) is 64.2. The topological polar surface area (TPSA) is 520 Å². The lowest BCUT2D eigenvalue weighted by Crippen LogP contribution is -2.70. The summed E-state index contributed by atoms with van der Waals surface area (Å²) in [7, 11) is -16.6. The number of hydrogen-bond donors (Lipinski definition) is 12. The average molecular weight is 1270 g/mol. The number of thioether (sulfide) groups is 3. The van der Waals surface area contributed by atoms with Crippen molar-refractivity contribution >= 4 is 110 Å². The van der Waals surface area contributed by atoms with Crippen LogP contribution in [0.2, 0.25) is 0 Å². The Balaban J connectivity index is 0.786. The minimum atomic E-state index is -5.64. The number of tetrazole rings is 1. The zero-order valence-electron chi connectivity index (χ0n) is 42.9. The Hall–Kier alpha value is -5.34. The van der Waals surface area contributed by atoms with Gasteiger partial charge in [0.1, 0.15) is 59.9 Å². The van der Waals surface area contributed by atoms with E-state index in [1.807, 2.05) is 0 Å². The molecule has 6 heterocycles.